The molecule has 0 fully saturated rings. The van der Waals surface area contributed by atoms with Gasteiger partial charge in [-0.1, -0.05) is 30.3 Å². The summed E-state index contributed by atoms with van der Waals surface area (Å²) in [6.07, 6.45) is -0.662. The lowest BCUT2D eigenvalue weighted by molar-refractivity contribution is -0.384. The number of oxazole rings is 1. The first-order chi connectivity index (χ1) is 13.6. The second-order valence-electron chi connectivity index (χ2n) is 5.80. The van der Waals surface area contributed by atoms with Gasteiger partial charge in [-0.25, -0.2) is 9.78 Å². The van der Waals surface area contributed by atoms with Crippen LogP contribution in [0.2, 0.25) is 0 Å². The molecular formula is C20H13N3O5. The number of hydrogen-bond acceptors (Lipinski definition) is 6. The highest BCUT2D eigenvalue weighted by molar-refractivity contribution is 5.92. The van der Waals surface area contributed by atoms with Gasteiger partial charge in [0.15, 0.2) is 5.58 Å². The summed E-state index contributed by atoms with van der Waals surface area (Å²) in [5.41, 5.74) is 1.62. The Bertz CT molecular complexity index is 1170. The Labute approximate surface area is 158 Å². The molecule has 1 amide bonds. The Balaban J connectivity index is 1.63. The number of nitro groups is 1. The third-order valence-corrected chi connectivity index (χ3v) is 3.93. The number of aromatic nitrogens is 1. The van der Waals surface area contributed by atoms with Crippen LogP contribution in [-0.2, 0) is 0 Å². The monoisotopic (exact) mass is 375 g/mol. The molecule has 3 aromatic carbocycles. The topological polar surface area (TPSA) is 108 Å². The first-order valence-corrected chi connectivity index (χ1v) is 8.28. The lowest BCUT2D eigenvalue weighted by atomic mass is 10.2. The molecule has 0 aliphatic rings. The number of rotatable bonds is 4. The molecule has 8 nitrogen and oxygen atoms in total. The zero-order chi connectivity index (χ0) is 19.5. The van der Waals surface area contributed by atoms with Crippen molar-refractivity contribution in [2.45, 2.75) is 0 Å². The minimum atomic E-state index is -0.662. The van der Waals surface area contributed by atoms with Gasteiger partial charge in [0.05, 0.1) is 22.2 Å². The maximum Gasteiger partial charge on any atom is 0.417 e. The summed E-state index contributed by atoms with van der Waals surface area (Å²) in [5.74, 6) is 0.637. The first-order valence-electron chi connectivity index (χ1n) is 8.28. The van der Waals surface area contributed by atoms with Crippen LogP contribution in [0, 0.1) is 10.1 Å². The molecule has 0 saturated carbocycles. The molecule has 4 aromatic rings. The van der Waals surface area contributed by atoms with E-state index in [4.69, 9.17) is 9.15 Å². The molecule has 0 unspecified atom stereocenters. The molecular weight excluding hydrogens is 362 g/mol. The van der Waals surface area contributed by atoms with E-state index in [1.54, 1.807) is 48.5 Å². The van der Waals surface area contributed by atoms with Gasteiger partial charge in [-0.05, 0) is 30.3 Å². The maximum absolute atomic E-state index is 12.2. The van der Waals surface area contributed by atoms with Crippen LogP contribution in [-0.4, -0.2) is 16.0 Å². The normalized spacial score (nSPS) is 10.6. The number of benzene rings is 3. The largest absolute Gasteiger partial charge is 0.436 e. The summed E-state index contributed by atoms with van der Waals surface area (Å²) < 4.78 is 10.9. The highest BCUT2D eigenvalue weighted by Gasteiger charge is 2.16. The van der Waals surface area contributed by atoms with E-state index in [9.17, 15) is 14.9 Å². The number of amides is 1. The van der Waals surface area contributed by atoms with E-state index in [0.717, 1.165) is 0 Å². The van der Waals surface area contributed by atoms with Gasteiger partial charge in [-0.2, -0.15) is 0 Å². The van der Waals surface area contributed by atoms with E-state index in [2.05, 4.69) is 10.3 Å². The van der Waals surface area contributed by atoms with Gasteiger partial charge in [0.1, 0.15) is 11.3 Å². The SMILES string of the molecule is O=C(Nc1ccccc1-c1nc2ccc([N+](=O)[O-])cc2o1)Oc1ccccc1. The number of anilines is 1. The molecule has 0 spiro atoms. The Kier molecular flexibility index (Phi) is 4.43. The molecule has 0 atom stereocenters. The molecule has 1 aromatic heterocycles. The van der Waals surface area contributed by atoms with Gasteiger partial charge in [-0.3, -0.25) is 15.4 Å². The van der Waals surface area contributed by atoms with Crippen LogP contribution in [0.3, 0.4) is 0 Å². The minimum Gasteiger partial charge on any atom is -0.436 e. The predicted octanol–water partition coefficient (Wildman–Crippen LogP) is 5.01. The minimum absolute atomic E-state index is 0.0898. The van der Waals surface area contributed by atoms with E-state index < -0.39 is 11.0 Å². The Morgan fingerprint density at radius 1 is 1.04 bits per heavy atom. The van der Waals surface area contributed by atoms with Gasteiger partial charge in [0.2, 0.25) is 5.89 Å². The maximum atomic E-state index is 12.2. The molecule has 4 rings (SSSR count). The number of hydrogen-bond donors (Lipinski definition) is 1. The number of non-ortho nitro benzene ring substituents is 1. The Morgan fingerprint density at radius 3 is 2.57 bits per heavy atom. The van der Waals surface area contributed by atoms with Gasteiger partial charge >= 0.3 is 6.09 Å². The zero-order valence-electron chi connectivity index (χ0n) is 14.4. The number of nitrogens with one attached hydrogen (secondary N) is 1. The molecule has 8 heteroatoms. The Hall–Kier alpha value is -4.20. The lowest BCUT2D eigenvalue weighted by Crippen LogP contribution is -2.17. The molecule has 0 radical (unpaired) electrons. The van der Waals surface area contributed by atoms with Crippen molar-refractivity contribution in [1.82, 2.24) is 4.98 Å². The van der Waals surface area contributed by atoms with Gasteiger partial charge < -0.3 is 9.15 Å². The van der Waals surface area contributed by atoms with Crippen molar-refractivity contribution >= 4 is 28.6 Å². The average molecular weight is 375 g/mol. The number of carbonyl (C=O) groups excluding carboxylic acids is 1. The summed E-state index contributed by atoms with van der Waals surface area (Å²) in [5, 5.41) is 13.6. The second kappa shape index (κ2) is 7.20. The molecule has 0 saturated heterocycles. The van der Waals surface area contributed by atoms with Crippen molar-refractivity contribution in [3.05, 3.63) is 82.9 Å². The molecule has 1 heterocycles. The summed E-state index contributed by atoms with van der Waals surface area (Å²) in [4.78, 5) is 27.0. The predicted molar refractivity (Wildman–Crippen MR) is 102 cm³/mol. The smallest absolute Gasteiger partial charge is 0.417 e. The molecule has 0 bridgehead atoms. The molecule has 0 aliphatic carbocycles. The number of carbonyl (C=O) groups is 1. The van der Waals surface area contributed by atoms with Crippen LogP contribution in [0.5, 0.6) is 5.75 Å². The third-order valence-electron chi connectivity index (χ3n) is 3.93. The van der Waals surface area contributed by atoms with Crippen LogP contribution >= 0.6 is 0 Å². The van der Waals surface area contributed by atoms with E-state index in [1.807, 2.05) is 6.07 Å². The standard InChI is InChI=1S/C20H13N3O5/c24-20(27-14-6-2-1-3-7-14)22-16-9-5-4-8-15(16)19-21-17-11-10-13(23(25)26)12-18(17)28-19/h1-12H,(H,22,24). The van der Waals surface area contributed by atoms with Gasteiger partial charge in [0.25, 0.3) is 5.69 Å². The van der Waals surface area contributed by atoms with Crippen molar-refractivity contribution in [3.8, 4) is 17.2 Å². The zero-order valence-corrected chi connectivity index (χ0v) is 14.4. The van der Waals surface area contributed by atoms with E-state index in [-0.39, 0.29) is 17.2 Å². The van der Waals surface area contributed by atoms with Crippen LogP contribution in [0.25, 0.3) is 22.6 Å². The lowest BCUT2D eigenvalue weighted by Gasteiger charge is -2.09. The first kappa shape index (κ1) is 17.2. The number of ether oxygens (including phenoxy) is 1. The molecule has 28 heavy (non-hydrogen) atoms. The van der Waals surface area contributed by atoms with Gasteiger partial charge in [0, 0.05) is 6.07 Å². The quantitative estimate of drug-likeness (QED) is 0.397. The second-order valence-corrected chi connectivity index (χ2v) is 5.80. The average Bonchev–Trinajstić information content (AvgIpc) is 3.12. The fraction of sp³-hybridized carbons (Fsp3) is 0. The van der Waals surface area contributed by atoms with Crippen LogP contribution in [0.4, 0.5) is 16.2 Å². The highest BCUT2D eigenvalue weighted by Crippen LogP contribution is 2.31. The van der Waals surface area contributed by atoms with Crippen molar-refractivity contribution < 1.29 is 18.9 Å². The number of nitrogens with zero attached hydrogens (tertiary/aromatic N) is 2. The summed E-state index contributed by atoms with van der Waals surface area (Å²) in [6.45, 7) is 0. The van der Waals surface area contributed by atoms with Crippen molar-refractivity contribution in [1.29, 1.82) is 0 Å². The van der Waals surface area contributed by atoms with Crippen molar-refractivity contribution in [2.75, 3.05) is 5.32 Å². The fourth-order valence-corrected chi connectivity index (χ4v) is 2.65. The van der Waals surface area contributed by atoms with Crippen LogP contribution in [0.1, 0.15) is 0 Å². The summed E-state index contributed by atoms with van der Waals surface area (Å²) in [7, 11) is 0. The molecule has 138 valence electrons. The number of fused-ring (bicyclic) bond motifs is 1. The highest BCUT2D eigenvalue weighted by atomic mass is 16.6. The van der Waals surface area contributed by atoms with E-state index in [1.165, 1.54) is 18.2 Å². The van der Waals surface area contributed by atoms with E-state index in [0.29, 0.717) is 22.5 Å². The Morgan fingerprint density at radius 2 is 1.79 bits per heavy atom. The molecule has 0 aliphatic heterocycles. The molecule has 1 N–H and O–H groups in total. The van der Waals surface area contributed by atoms with Gasteiger partial charge in [-0.15, -0.1) is 0 Å². The number of nitro benzene ring substituents is 1. The van der Waals surface area contributed by atoms with Crippen LogP contribution < -0.4 is 10.1 Å². The van der Waals surface area contributed by atoms with Crippen molar-refractivity contribution in [3.63, 3.8) is 0 Å². The summed E-state index contributed by atoms with van der Waals surface area (Å²) in [6, 6.07) is 19.8. The van der Waals surface area contributed by atoms with Crippen LogP contribution in [0.15, 0.2) is 77.2 Å². The van der Waals surface area contributed by atoms with Crippen molar-refractivity contribution in [2.24, 2.45) is 0 Å². The third kappa shape index (κ3) is 3.51. The summed E-state index contributed by atoms with van der Waals surface area (Å²) >= 11 is 0. The van der Waals surface area contributed by atoms with E-state index >= 15 is 0 Å². The number of para-hydroxylation sites is 2. The fourth-order valence-electron chi connectivity index (χ4n) is 2.65.